The van der Waals surface area contributed by atoms with E-state index in [-0.39, 0.29) is 11.8 Å². The molecule has 0 atom stereocenters. The maximum absolute atomic E-state index is 12.4. The van der Waals surface area contributed by atoms with Crippen LogP contribution in [0.5, 0.6) is 5.75 Å². The van der Waals surface area contributed by atoms with E-state index in [1.165, 1.54) is 19.3 Å². The van der Waals surface area contributed by atoms with Crippen molar-refractivity contribution < 1.29 is 9.53 Å². The lowest BCUT2D eigenvalue weighted by Crippen LogP contribution is -2.33. The Bertz CT molecular complexity index is 995. The number of hydrogen-bond acceptors (Lipinski definition) is 3. The summed E-state index contributed by atoms with van der Waals surface area (Å²) in [6.45, 7) is 1.76. The molecule has 1 aliphatic rings. The molecule has 3 aromatic rings. The van der Waals surface area contributed by atoms with Gasteiger partial charge in [-0.1, -0.05) is 55.1 Å². The minimum absolute atomic E-state index is 0.182. The van der Waals surface area contributed by atoms with Crippen LogP contribution in [0.2, 0.25) is 5.02 Å². The van der Waals surface area contributed by atoms with Gasteiger partial charge in [-0.15, -0.1) is 0 Å². The molecule has 0 unspecified atom stereocenters. The van der Waals surface area contributed by atoms with Crippen molar-refractivity contribution in [3.05, 3.63) is 59.4 Å². The number of aromatic nitrogens is 2. The van der Waals surface area contributed by atoms with Crippen LogP contribution in [-0.2, 0) is 17.8 Å². The van der Waals surface area contributed by atoms with Crippen LogP contribution in [0.4, 0.5) is 0 Å². The Labute approximate surface area is 182 Å². The first-order valence-corrected chi connectivity index (χ1v) is 11.2. The topological polar surface area (TPSA) is 56.2 Å². The van der Waals surface area contributed by atoms with Gasteiger partial charge in [-0.2, -0.15) is 0 Å². The molecule has 1 aliphatic carbocycles. The first-order chi connectivity index (χ1) is 14.7. The molecule has 6 heteroatoms. The zero-order valence-corrected chi connectivity index (χ0v) is 17.9. The highest BCUT2D eigenvalue weighted by atomic mass is 35.5. The lowest BCUT2D eigenvalue weighted by molar-refractivity contribution is -0.125. The van der Waals surface area contributed by atoms with Gasteiger partial charge in [0.2, 0.25) is 5.91 Å². The largest absolute Gasteiger partial charge is 0.490 e. The highest BCUT2D eigenvalue weighted by molar-refractivity contribution is 6.32. The van der Waals surface area contributed by atoms with Crippen LogP contribution >= 0.6 is 11.6 Å². The fraction of sp³-hybridized carbons (Fsp3) is 0.417. The molecule has 1 N–H and O–H groups in total. The van der Waals surface area contributed by atoms with Crippen molar-refractivity contribution in [2.45, 2.75) is 45.1 Å². The molecule has 30 heavy (non-hydrogen) atoms. The molecule has 5 nitrogen and oxygen atoms in total. The summed E-state index contributed by atoms with van der Waals surface area (Å²) in [7, 11) is 0. The van der Waals surface area contributed by atoms with Crippen molar-refractivity contribution in [1.29, 1.82) is 0 Å². The average Bonchev–Trinajstić information content (AvgIpc) is 3.13. The third-order valence-electron chi connectivity index (χ3n) is 5.77. The van der Waals surface area contributed by atoms with Crippen molar-refractivity contribution in [2.24, 2.45) is 5.92 Å². The SMILES string of the molecule is O=C(NCCc1nc2ccccc2n1CCOc1ccccc1Cl)C1CCCCC1. The van der Waals surface area contributed by atoms with Crippen LogP contribution in [0, 0.1) is 5.92 Å². The predicted octanol–water partition coefficient (Wildman–Crippen LogP) is 5.01. The van der Waals surface area contributed by atoms with Gasteiger partial charge in [0, 0.05) is 18.9 Å². The molecule has 1 fully saturated rings. The van der Waals surface area contributed by atoms with Crippen LogP contribution in [0.15, 0.2) is 48.5 Å². The van der Waals surface area contributed by atoms with E-state index in [9.17, 15) is 4.79 Å². The second-order valence-corrected chi connectivity index (χ2v) is 8.23. The molecule has 1 amide bonds. The zero-order chi connectivity index (χ0) is 20.8. The predicted molar refractivity (Wildman–Crippen MR) is 120 cm³/mol. The first-order valence-electron chi connectivity index (χ1n) is 10.8. The molecule has 0 spiro atoms. The third-order valence-corrected chi connectivity index (χ3v) is 6.08. The summed E-state index contributed by atoms with van der Waals surface area (Å²) in [6.07, 6.45) is 6.31. The molecule has 1 aromatic heterocycles. The lowest BCUT2D eigenvalue weighted by atomic mass is 9.89. The summed E-state index contributed by atoms with van der Waals surface area (Å²) in [5, 5.41) is 3.73. The minimum atomic E-state index is 0.182. The van der Waals surface area contributed by atoms with Crippen molar-refractivity contribution in [2.75, 3.05) is 13.2 Å². The summed E-state index contributed by atoms with van der Waals surface area (Å²) in [5.41, 5.74) is 2.04. The van der Waals surface area contributed by atoms with Crippen molar-refractivity contribution in [1.82, 2.24) is 14.9 Å². The van der Waals surface area contributed by atoms with Crippen molar-refractivity contribution in [3.63, 3.8) is 0 Å². The third kappa shape index (κ3) is 4.96. The smallest absolute Gasteiger partial charge is 0.223 e. The molecule has 2 aromatic carbocycles. The second kappa shape index (κ2) is 9.98. The van der Waals surface area contributed by atoms with Gasteiger partial charge in [-0.05, 0) is 37.1 Å². The van der Waals surface area contributed by atoms with Crippen molar-refractivity contribution >= 4 is 28.5 Å². The lowest BCUT2D eigenvalue weighted by Gasteiger charge is -2.20. The number of hydrogen-bond donors (Lipinski definition) is 1. The van der Waals surface area contributed by atoms with Crippen molar-refractivity contribution in [3.8, 4) is 5.75 Å². The number of nitrogens with one attached hydrogen (secondary N) is 1. The molecule has 0 radical (unpaired) electrons. The number of para-hydroxylation sites is 3. The number of amides is 1. The Morgan fingerprint density at radius 3 is 2.70 bits per heavy atom. The minimum Gasteiger partial charge on any atom is -0.490 e. The van der Waals surface area contributed by atoms with E-state index < -0.39 is 0 Å². The Morgan fingerprint density at radius 2 is 1.87 bits per heavy atom. The number of ether oxygens (including phenoxy) is 1. The van der Waals surface area contributed by atoms with Crippen LogP contribution in [-0.4, -0.2) is 28.6 Å². The first kappa shape index (κ1) is 20.7. The molecule has 0 bridgehead atoms. The van der Waals surface area contributed by atoms with E-state index in [0.29, 0.717) is 36.9 Å². The van der Waals surface area contributed by atoms with Gasteiger partial charge >= 0.3 is 0 Å². The van der Waals surface area contributed by atoms with E-state index in [1.54, 1.807) is 0 Å². The summed E-state index contributed by atoms with van der Waals surface area (Å²) in [5.74, 6) is 2.02. The normalized spacial score (nSPS) is 14.7. The van der Waals surface area contributed by atoms with Gasteiger partial charge in [0.15, 0.2) is 0 Å². The maximum atomic E-state index is 12.4. The number of carbonyl (C=O) groups is 1. The number of nitrogens with zero attached hydrogens (tertiary/aromatic N) is 2. The number of rotatable bonds is 8. The monoisotopic (exact) mass is 425 g/mol. The quantitative estimate of drug-likeness (QED) is 0.552. The molecule has 1 heterocycles. The number of imidazole rings is 1. The highest BCUT2D eigenvalue weighted by Gasteiger charge is 2.20. The number of fused-ring (bicyclic) bond motifs is 1. The molecule has 0 saturated heterocycles. The molecular weight excluding hydrogens is 398 g/mol. The number of carbonyl (C=O) groups excluding carboxylic acids is 1. The summed E-state index contributed by atoms with van der Waals surface area (Å²) >= 11 is 6.19. The Balaban J connectivity index is 1.39. The van der Waals surface area contributed by atoms with Gasteiger partial charge in [-0.25, -0.2) is 4.98 Å². The molecule has 158 valence electrons. The Hall–Kier alpha value is -2.53. The van der Waals surface area contributed by atoms with Gasteiger partial charge in [0.25, 0.3) is 0 Å². The number of halogens is 1. The van der Waals surface area contributed by atoms with Gasteiger partial charge in [0.05, 0.1) is 22.6 Å². The summed E-state index contributed by atoms with van der Waals surface area (Å²) < 4.78 is 8.07. The van der Waals surface area contributed by atoms with E-state index >= 15 is 0 Å². The highest BCUT2D eigenvalue weighted by Crippen LogP contribution is 2.24. The van der Waals surface area contributed by atoms with Gasteiger partial charge in [0.1, 0.15) is 18.2 Å². The van der Waals surface area contributed by atoms with Gasteiger partial charge < -0.3 is 14.6 Å². The summed E-state index contributed by atoms with van der Waals surface area (Å²) in [4.78, 5) is 17.2. The fourth-order valence-corrected chi connectivity index (χ4v) is 4.37. The van der Waals surface area contributed by atoms with E-state index in [1.807, 2.05) is 42.5 Å². The van der Waals surface area contributed by atoms with E-state index in [4.69, 9.17) is 21.3 Å². The van der Waals surface area contributed by atoms with Crippen LogP contribution in [0.25, 0.3) is 11.0 Å². The molecule has 1 saturated carbocycles. The fourth-order valence-electron chi connectivity index (χ4n) is 4.18. The number of benzene rings is 2. The Kier molecular flexibility index (Phi) is 6.90. The molecule has 4 rings (SSSR count). The van der Waals surface area contributed by atoms with Crippen LogP contribution in [0.1, 0.15) is 37.9 Å². The van der Waals surface area contributed by atoms with Crippen LogP contribution < -0.4 is 10.1 Å². The molecular formula is C24H28ClN3O2. The molecule has 0 aliphatic heterocycles. The maximum Gasteiger partial charge on any atom is 0.223 e. The van der Waals surface area contributed by atoms with Crippen LogP contribution in [0.3, 0.4) is 0 Å². The second-order valence-electron chi connectivity index (χ2n) is 7.82. The zero-order valence-electron chi connectivity index (χ0n) is 17.1. The van der Waals surface area contributed by atoms with E-state index in [2.05, 4.69) is 16.0 Å². The Morgan fingerprint density at radius 1 is 1.10 bits per heavy atom. The van der Waals surface area contributed by atoms with E-state index in [0.717, 1.165) is 29.7 Å². The summed E-state index contributed by atoms with van der Waals surface area (Å²) in [6, 6.07) is 15.6. The standard InChI is InChI=1S/C24H28ClN3O2/c25-19-10-4-7-13-22(19)30-17-16-28-21-12-6-5-11-20(21)27-23(28)14-15-26-24(29)18-8-2-1-3-9-18/h4-7,10-13,18H,1-3,8-9,14-17H2,(H,26,29). The average molecular weight is 426 g/mol. The van der Waals surface area contributed by atoms with Gasteiger partial charge in [-0.3, -0.25) is 4.79 Å².